The summed E-state index contributed by atoms with van der Waals surface area (Å²) in [4.78, 5) is 2.27. The van der Waals surface area contributed by atoms with E-state index in [2.05, 4.69) is 9.93 Å². The van der Waals surface area contributed by atoms with Crippen LogP contribution in [0.4, 0.5) is 0 Å². The number of nitrogens with one attached hydrogen (secondary N) is 1. The molecule has 7 heteroatoms. The van der Waals surface area contributed by atoms with Crippen molar-refractivity contribution in [1.29, 1.82) is 0 Å². The van der Waals surface area contributed by atoms with Crippen LogP contribution in [0.1, 0.15) is 11.1 Å². The Kier molecular flexibility index (Phi) is 6.11. The van der Waals surface area contributed by atoms with E-state index < -0.39 is 10.0 Å². The average Bonchev–Trinajstić information content (AvgIpc) is 2.68. The number of para-hydroxylation sites is 1. The fraction of sp³-hybridized carbons (Fsp3) is 0.0500. The number of hydrogen-bond donors (Lipinski definition) is 1. The molecule has 0 bridgehead atoms. The quantitative estimate of drug-likeness (QED) is 0.476. The molecule has 3 rings (SSSR count). The number of halogens is 1. The Hall–Kier alpha value is -2.83. The standard InChI is InChI=1S/C20H17ClN2O3S/c21-18-10-12-19(13-11-18)27(24,25)23-22-14-17-8-4-5-9-20(17)26-15-16-6-2-1-3-7-16/h1-14,23H,15H2/b22-14+. The van der Waals surface area contributed by atoms with E-state index in [0.717, 1.165) is 5.56 Å². The lowest BCUT2D eigenvalue weighted by molar-refractivity contribution is 0.306. The molecule has 138 valence electrons. The highest BCUT2D eigenvalue weighted by Crippen LogP contribution is 2.18. The minimum absolute atomic E-state index is 0.0812. The average molecular weight is 401 g/mol. The van der Waals surface area contributed by atoms with Crippen LogP contribution in [0, 0.1) is 0 Å². The van der Waals surface area contributed by atoms with E-state index in [-0.39, 0.29) is 4.90 Å². The van der Waals surface area contributed by atoms with E-state index in [1.165, 1.54) is 30.5 Å². The second-order valence-corrected chi connectivity index (χ2v) is 7.72. The van der Waals surface area contributed by atoms with E-state index in [9.17, 15) is 8.42 Å². The molecule has 27 heavy (non-hydrogen) atoms. The summed E-state index contributed by atoms with van der Waals surface area (Å²) in [7, 11) is -3.76. The third-order valence-corrected chi connectivity index (χ3v) is 5.15. The van der Waals surface area contributed by atoms with Crippen LogP contribution >= 0.6 is 11.6 Å². The summed E-state index contributed by atoms with van der Waals surface area (Å²) >= 11 is 5.78. The molecule has 5 nitrogen and oxygen atoms in total. The molecule has 0 radical (unpaired) electrons. The van der Waals surface area contributed by atoms with Crippen molar-refractivity contribution in [2.45, 2.75) is 11.5 Å². The van der Waals surface area contributed by atoms with Gasteiger partial charge < -0.3 is 4.74 Å². The molecule has 0 aliphatic heterocycles. The van der Waals surface area contributed by atoms with Crippen molar-refractivity contribution < 1.29 is 13.2 Å². The molecule has 0 aliphatic carbocycles. The van der Waals surface area contributed by atoms with Crippen LogP contribution in [0.25, 0.3) is 0 Å². The molecule has 0 atom stereocenters. The van der Waals surface area contributed by atoms with Gasteiger partial charge in [0, 0.05) is 10.6 Å². The summed E-state index contributed by atoms with van der Waals surface area (Å²) in [6.45, 7) is 0.405. The first kappa shape index (κ1) is 18.9. The molecule has 0 heterocycles. The number of nitrogens with zero attached hydrogens (tertiary/aromatic N) is 1. The molecule has 0 amide bonds. The van der Waals surface area contributed by atoms with Gasteiger partial charge >= 0.3 is 0 Å². The van der Waals surface area contributed by atoms with Gasteiger partial charge in [-0.1, -0.05) is 54.1 Å². The SMILES string of the molecule is O=S(=O)(N/N=C/c1ccccc1OCc1ccccc1)c1ccc(Cl)cc1. The maximum absolute atomic E-state index is 12.2. The monoisotopic (exact) mass is 400 g/mol. The molecule has 0 saturated heterocycles. The van der Waals surface area contributed by atoms with Gasteiger partial charge in [0.1, 0.15) is 12.4 Å². The van der Waals surface area contributed by atoms with Crippen LogP contribution in [-0.4, -0.2) is 14.6 Å². The summed E-state index contributed by atoms with van der Waals surface area (Å²) in [5.74, 6) is 0.607. The van der Waals surface area contributed by atoms with Gasteiger partial charge in [-0.25, -0.2) is 4.83 Å². The second kappa shape index (κ2) is 8.70. The van der Waals surface area contributed by atoms with Crippen molar-refractivity contribution in [3.05, 3.63) is 95.0 Å². The van der Waals surface area contributed by atoms with Crippen molar-refractivity contribution in [3.8, 4) is 5.75 Å². The molecule has 0 aliphatic rings. The highest BCUT2D eigenvalue weighted by Gasteiger charge is 2.12. The lowest BCUT2D eigenvalue weighted by Crippen LogP contribution is -2.18. The zero-order valence-corrected chi connectivity index (χ0v) is 15.8. The Morgan fingerprint density at radius 3 is 2.33 bits per heavy atom. The zero-order chi connectivity index (χ0) is 19.1. The van der Waals surface area contributed by atoms with Crippen LogP contribution in [0.2, 0.25) is 5.02 Å². The molecule has 0 saturated carbocycles. The number of hydrazone groups is 1. The molecular weight excluding hydrogens is 384 g/mol. The lowest BCUT2D eigenvalue weighted by Gasteiger charge is -2.09. The first-order chi connectivity index (χ1) is 13.0. The molecule has 0 spiro atoms. The summed E-state index contributed by atoms with van der Waals surface area (Å²) in [5, 5.41) is 4.31. The van der Waals surface area contributed by atoms with E-state index in [1.807, 2.05) is 42.5 Å². The van der Waals surface area contributed by atoms with Crippen molar-refractivity contribution in [1.82, 2.24) is 4.83 Å². The fourth-order valence-electron chi connectivity index (χ4n) is 2.29. The third-order valence-electron chi connectivity index (χ3n) is 3.66. The molecule has 0 unspecified atom stereocenters. The maximum atomic E-state index is 12.2. The number of benzene rings is 3. The maximum Gasteiger partial charge on any atom is 0.276 e. The third kappa shape index (κ3) is 5.32. The molecular formula is C20H17ClN2O3S. The summed E-state index contributed by atoms with van der Waals surface area (Å²) in [6, 6.07) is 22.9. The summed E-state index contributed by atoms with van der Waals surface area (Å²) < 4.78 is 30.3. The van der Waals surface area contributed by atoms with Crippen molar-refractivity contribution >= 4 is 27.8 Å². The number of ether oxygens (including phenoxy) is 1. The highest BCUT2D eigenvalue weighted by molar-refractivity contribution is 7.89. The second-order valence-electron chi connectivity index (χ2n) is 5.62. The minimum atomic E-state index is -3.76. The smallest absolute Gasteiger partial charge is 0.276 e. The predicted molar refractivity (Wildman–Crippen MR) is 107 cm³/mol. The van der Waals surface area contributed by atoms with Gasteiger partial charge in [-0.15, -0.1) is 0 Å². The van der Waals surface area contributed by atoms with Crippen molar-refractivity contribution in [3.63, 3.8) is 0 Å². The van der Waals surface area contributed by atoms with Gasteiger partial charge in [0.15, 0.2) is 0 Å². The van der Waals surface area contributed by atoms with E-state index in [4.69, 9.17) is 16.3 Å². The van der Waals surface area contributed by atoms with Crippen LogP contribution in [-0.2, 0) is 16.6 Å². The van der Waals surface area contributed by atoms with E-state index >= 15 is 0 Å². The van der Waals surface area contributed by atoms with Gasteiger partial charge in [0.2, 0.25) is 0 Å². The first-order valence-corrected chi connectivity index (χ1v) is 9.97. The van der Waals surface area contributed by atoms with Gasteiger partial charge in [-0.2, -0.15) is 13.5 Å². The molecule has 0 aromatic heterocycles. The Morgan fingerprint density at radius 1 is 0.926 bits per heavy atom. The molecule has 0 fully saturated rings. The Balaban J connectivity index is 1.69. The summed E-state index contributed by atoms with van der Waals surface area (Å²) in [5.41, 5.74) is 1.69. The Labute approximate surface area is 163 Å². The van der Waals surface area contributed by atoms with Gasteiger partial charge in [0.05, 0.1) is 11.1 Å². The Morgan fingerprint density at radius 2 is 1.59 bits per heavy atom. The fourth-order valence-corrected chi connectivity index (χ4v) is 3.20. The Bertz CT molecular complexity index is 1020. The van der Waals surface area contributed by atoms with Crippen molar-refractivity contribution in [2.24, 2.45) is 5.10 Å². The van der Waals surface area contributed by atoms with Crippen molar-refractivity contribution in [2.75, 3.05) is 0 Å². The minimum Gasteiger partial charge on any atom is -0.488 e. The van der Waals surface area contributed by atoms with Gasteiger partial charge in [0.25, 0.3) is 10.0 Å². The largest absolute Gasteiger partial charge is 0.488 e. The first-order valence-electron chi connectivity index (χ1n) is 8.11. The summed E-state index contributed by atoms with van der Waals surface area (Å²) in [6.07, 6.45) is 1.41. The number of rotatable bonds is 7. The molecule has 3 aromatic carbocycles. The zero-order valence-electron chi connectivity index (χ0n) is 14.2. The lowest BCUT2D eigenvalue weighted by atomic mass is 10.2. The van der Waals surface area contributed by atoms with Crippen LogP contribution in [0.3, 0.4) is 0 Å². The van der Waals surface area contributed by atoms with Crippen LogP contribution in [0.5, 0.6) is 5.75 Å². The van der Waals surface area contributed by atoms with Crippen LogP contribution < -0.4 is 9.57 Å². The van der Waals surface area contributed by atoms with E-state index in [1.54, 1.807) is 12.1 Å². The van der Waals surface area contributed by atoms with Gasteiger partial charge in [-0.3, -0.25) is 0 Å². The molecule has 1 N–H and O–H groups in total. The topological polar surface area (TPSA) is 67.8 Å². The van der Waals surface area contributed by atoms with E-state index in [0.29, 0.717) is 22.9 Å². The normalized spacial score (nSPS) is 11.4. The highest BCUT2D eigenvalue weighted by atomic mass is 35.5. The number of sulfonamides is 1. The predicted octanol–water partition coefficient (Wildman–Crippen LogP) is 4.23. The molecule has 3 aromatic rings. The van der Waals surface area contributed by atoms with Crippen LogP contribution in [0.15, 0.2) is 88.9 Å². The number of hydrogen-bond acceptors (Lipinski definition) is 4. The van der Waals surface area contributed by atoms with Gasteiger partial charge in [-0.05, 0) is 42.0 Å².